The Bertz CT molecular complexity index is 667. The second kappa shape index (κ2) is 3.67. The van der Waals surface area contributed by atoms with E-state index in [2.05, 4.69) is 14.6 Å². The molecule has 1 N–H and O–H groups in total. The number of aromatic carboxylic acids is 1. The lowest BCUT2D eigenvalue weighted by molar-refractivity contribution is -0.286. The number of aromatic nitrogens is 1. The van der Waals surface area contributed by atoms with Crippen molar-refractivity contribution >= 4 is 5.97 Å². The van der Waals surface area contributed by atoms with Gasteiger partial charge in [0.2, 0.25) is 0 Å². The summed E-state index contributed by atoms with van der Waals surface area (Å²) in [6.07, 6.45) is -2.81. The summed E-state index contributed by atoms with van der Waals surface area (Å²) in [6.45, 7) is 0. The van der Waals surface area contributed by atoms with Crippen molar-refractivity contribution in [2.75, 3.05) is 0 Å². The molecule has 8 heteroatoms. The summed E-state index contributed by atoms with van der Waals surface area (Å²) < 4.78 is 39.4. The molecule has 0 bridgehead atoms. The maximum absolute atomic E-state index is 13.0. The molecule has 98 valence electrons. The number of fused-ring (bicyclic) bond motifs is 1. The molecule has 0 saturated heterocycles. The second-order valence-electron chi connectivity index (χ2n) is 3.67. The van der Waals surface area contributed by atoms with Crippen LogP contribution in [0.3, 0.4) is 0 Å². The maximum Gasteiger partial charge on any atom is 0.586 e. The van der Waals surface area contributed by atoms with Crippen LogP contribution in [0.2, 0.25) is 0 Å². The summed E-state index contributed by atoms with van der Waals surface area (Å²) >= 11 is 0. The van der Waals surface area contributed by atoms with E-state index in [-0.39, 0.29) is 28.4 Å². The number of carboxylic acids is 1. The van der Waals surface area contributed by atoms with Crippen LogP contribution in [0.25, 0.3) is 11.3 Å². The molecule has 0 saturated carbocycles. The Morgan fingerprint density at radius 2 is 2.11 bits per heavy atom. The predicted molar refractivity (Wildman–Crippen MR) is 55.1 cm³/mol. The summed E-state index contributed by atoms with van der Waals surface area (Å²) in [7, 11) is 0. The topological polar surface area (TPSA) is 81.8 Å². The van der Waals surface area contributed by atoms with Crippen molar-refractivity contribution in [3.63, 3.8) is 0 Å². The van der Waals surface area contributed by atoms with Crippen molar-refractivity contribution in [3.05, 3.63) is 30.0 Å². The highest BCUT2D eigenvalue weighted by Crippen LogP contribution is 2.47. The molecule has 1 aromatic carbocycles. The van der Waals surface area contributed by atoms with Gasteiger partial charge in [-0.3, -0.25) is 0 Å². The highest BCUT2D eigenvalue weighted by molar-refractivity contribution is 5.95. The van der Waals surface area contributed by atoms with Gasteiger partial charge in [-0.2, -0.15) is 0 Å². The Morgan fingerprint density at radius 3 is 2.84 bits per heavy atom. The molecule has 0 spiro atoms. The Hall–Kier alpha value is -2.64. The number of alkyl halides is 2. The zero-order chi connectivity index (χ0) is 13.6. The molecule has 1 aliphatic rings. The molecule has 2 aromatic rings. The molecule has 0 fully saturated rings. The van der Waals surface area contributed by atoms with Crippen LogP contribution in [0.5, 0.6) is 11.5 Å². The Kier molecular flexibility index (Phi) is 2.21. The van der Waals surface area contributed by atoms with E-state index in [1.807, 2.05) is 0 Å². The van der Waals surface area contributed by atoms with Gasteiger partial charge in [0, 0.05) is 0 Å². The molecular weight excluding hydrogens is 264 g/mol. The van der Waals surface area contributed by atoms with E-state index in [1.54, 1.807) is 0 Å². The number of halogens is 2. The number of hydrogen-bond donors (Lipinski definition) is 1. The van der Waals surface area contributed by atoms with Gasteiger partial charge >= 0.3 is 12.3 Å². The standard InChI is InChI=1S/C11H5F2NO5/c12-11(13)17-7-3-1-2-5(9(7)18-11)8-6(10(15)16)4-14-19-8/h1-4H,(H,15,16). The first-order chi connectivity index (χ1) is 8.98. The monoisotopic (exact) mass is 269 g/mol. The minimum absolute atomic E-state index is 0.0320. The second-order valence-corrected chi connectivity index (χ2v) is 3.67. The first-order valence-corrected chi connectivity index (χ1v) is 5.05. The van der Waals surface area contributed by atoms with Crippen LogP contribution in [0.4, 0.5) is 8.78 Å². The van der Waals surface area contributed by atoms with Gasteiger partial charge in [-0.25, -0.2) is 4.79 Å². The van der Waals surface area contributed by atoms with E-state index in [0.717, 1.165) is 6.20 Å². The molecule has 1 aliphatic heterocycles. The lowest BCUT2D eigenvalue weighted by Crippen LogP contribution is -2.26. The average Bonchev–Trinajstić information content (AvgIpc) is 2.89. The van der Waals surface area contributed by atoms with Crippen molar-refractivity contribution in [1.82, 2.24) is 5.16 Å². The fourth-order valence-electron chi connectivity index (χ4n) is 1.73. The largest absolute Gasteiger partial charge is 0.586 e. The first-order valence-electron chi connectivity index (χ1n) is 5.05. The van der Waals surface area contributed by atoms with Gasteiger partial charge in [-0.1, -0.05) is 11.2 Å². The number of hydrogen-bond acceptors (Lipinski definition) is 5. The number of carbonyl (C=O) groups is 1. The Balaban J connectivity index is 2.16. The van der Waals surface area contributed by atoms with Crippen molar-refractivity contribution in [2.45, 2.75) is 6.29 Å². The number of ether oxygens (including phenoxy) is 2. The summed E-state index contributed by atoms with van der Waals surface area (Å²) in [5.74, 6) is -1.95. The molecule has 0 atom stereocenters. The third-order valence-corrected chi connectivity index (χ3v) is 2.47. The summed E-state index contributed by atoms with van der Waals surface area (Å²) in [4.78, 5) is 11.0. The minimum Gasteiger partial charge on any atom is -0.477 e. The van der Waals surface area contributed by atoms with Crippen molar-refractivity contribution in [1.29, 1.82) is 0 Å². The predicted octanol–water partition coefficient (Wildman–Crippen LogP) is 2.36. The van der Waals surface area contributed by atoms with Crippen molar-refractivity contribution < 1.29 is 32.7 Å². The molecule has 1 aromatic heterocycles. The highest BCUT2D eigenvalue weighted by Gasteiger charge is 2.45. The first kappa shape index (κ1) is 11.5. The zero-order valence-corrected chi connectivity index (χ0v) is 9.09. The van der Waals surface area contributed by atoms with Gasteiger partial charge in [0.15, 0.2) is 17.3 Å². The highest BCUT2D eigenvalue weighted by atomic mass is 19.3. The molecule has 6 nitrogen and oxygen atoms in total. The van der Waals surface area contributed by atoms with Crippen LogP contribution >= 0.6 is 0 Å². The fourth-order valence-corrected chi connectivity index (χ4v) is 1.73. The molecule has 3 rings (SSSR count). The lowest BCUT2D eigenvalue weighted by Gasteiger charge is -2.05. The summed E-state index contributed by atoms with van der Waals surface area (Å²) in [5.41, 5.74) is -0.225. The van der Waals surface area contributed by atoms with Gasteiger partial charge in [-0.05, 0) is 12.1 Å². The van der Waals surface area contributed by atoms with Crippen LogP contribution in [0, 0.1) is 0 Å². The van der Waals surface area contributed by atoms with Crippen molar-refractivity contribution in [2.24, 2.45) is 0 Å². The smallest absolute Gasteiger partial charge is 0.477 e. The molecule has 2 heterocycles. The molecule has 0 radical (unpaired) electrons. The van der Waals surface area contributed by atoms with E-state index in [0.29, 0.717) is 0 Å². The van der Waals surface area contributed by atoms with Crippen LogP contribution in [0.1, 0.15) is 10.4 Å². The van der Waals surface area contributed by atoms with Crippen LogP contribution in [-0.4, -0.2) is 22.5 Å². The Labute approximate surface area is 104 Å². The van der Waals surface area contributed by atoms with E-state index < -0.39 is 12.3 Å². The molecule has 0 unspecified atom stereocenters. The molecular formula is C11H5F2NO5. The fraction of sp³-hybridized carbons (Fsp3) is 0.0909. The van der Waals surface area contributed by atoms with Crippen LogP contribution in [0.15, 0.2) is 28.9 Å². The van der Waals surface area contributed by atoms with Gasteiger partial charge < -0.3 is 19.1 Å². The van der Waals surface area contributed by atoms with E-state index >= 15 is 0 Å². The number of carboxylic acid groups (broad SMARTS) is 1. The minimum atomic E-state index is -3.79. The summed E-state index contributed by atoms with van der Waals surface area (Å²) in [5, 5.41) is 12.3. The SMILES string of the molecule is O=C(O)c1cnoc1-c1cccc2c1OC(F)(F)O2. The van der Waals surface area contributed by atoms with Gasteiger partial charge in [0.05, 0.1) is 11.8 Å². The van der Waals surface area contributed by atoms with Crippen molar-refractivity contribution in [3.8, 4) is 22.8 Å². The number of nitrogens with zero attached hydrogens (tertiary/aromatic N) is 1. The quantitative estimate of drug-likeness (QED) is 0.901. The number of benzene rings is 1. The Morgan fingerprint density at radius 1 is 1.32 bits per heavy atom. The molecule has 0 amide bonds. The average molecular weight is 269 g/mol. The van der Waals surface area contributed by atoms with E-state index in [9.17, 15) is 13.6 Å². The van der Waals surface area contributed by atoms with E-state index in [1.165, 1.54) is 18.2 Å². The lowest BCUT2D eigenvalue weighted by atomic mass is 10.1. The van der Waals surface area contributed by atoms with Gasteiger partial charge in [-0.15, -0.1) is 8.78 Å². The normalized spacial score (nSPS) is 15.5. The van der Waals surface area contributed by atoms with Gasteiger partial charge in [0.1, 0.15) is 5.56 Å². The van der Waals surface area contributed by atoms with Crippen LogP contribution < -0.4 is 9.47 Å². The number of rotatable bonds is 2. The zero-order valence-electron chi connectivity index (χ0n) is 9.09. The number of para-hydroxylation sites is 1. The molecule has 19 heavy (non-hydrogen) atoms. The van der Waals surface area contributed by atoms with E-state index in [4.69, 9.17) is 9.63 Å². The maximum atomic E-state index is 13.0. The molecule has 0 aliphatic carbocycles. The third-order valence-electron chi connectivity index (χ3n) is 2.47. The summed E-state index contributed by atoms with van der Waals surface area (Å²) in [6, 6.07) is 4.06. The van der Waals surface area contributed by atoms with Gasteiger partial charge in [0.25, 0.3) is 0 Å². The van der Waals surface area contributed by atoms with Crippen LogP contribution in [-0.2, 0) is 0 Å². The third kappa shape index (κ3) is 1.77.